The van der Waals surface area contributed by atoms with Crippen LogP contribution in [-0.2, 0) is 0 Å². The van der Waals surface area contributed by atoms with Gasteiger partial charge in [-0.25, -0.2) is 19.9 Å². The topological polar surface area (TPSA) is 70.2 Å². The molecule has 0 radical (unpaired) electrons. The largest absolute Gasteiger partial charge is 0.278 e. The first-order valence-corrected chi connectivity index (χ1v) is 27.0. The molecule has 0 fully saturated rings. The quantitative estimate of drug-likeness (QED) is 0.144. The third-order valence-corrected chi connectivity index (χ3v) is 15.6. The van der Waals surface area contributed by atoms with Crippen LogP contribution in [0.5, 0.6) is 0 Å². The Bertz CT molecular complexity index is 4920. The molecule has 0 saturated carbocycles. The summed E-state index contributed by atoms with van der Waals surface area (Å²) >= 11 is 0. The van der Waals surface area contributed by atoms with E-state index >= 15 is 0 Å². The van der Waals surface area contributed by atoms with Crippen LogP contribution in [0, 0.1) is 0 Å². The van der Waals surface area contributed by atoms with Crippen LogP contribution in [0.3, 0.4) is 0 Å². The molecule has 0 aliphatic heterocycles. The highest BCUT2D eigenvalue weighted by Gasteiger charge is 2.30. The third kappa shape index (κ3) is 7.09. The van der Waals surface area contributed by atoms with E-state index in [9.17, 15) is 0 Å². The molecule has 0 spiro atoms. The molecule has 8 heteroatoms. The number of hydrogen-bond acceptors (Lipinski definition) is 4. The number of imidazole rings is 4. The predicted octanol–water partition coefficient (Wildman–Crippen LogP) is 17.6. The molecule has 0 bridgehead atoms. The summed E-state index contributed by atoms with van der Waals surface area (Å²) in [5.74, 6) is 2.20. The van der Waals surface area contributed by atoms with E-state index < -0.39 is 0 Å². The summed E-state index contributed by atoms with van der Waals surface area (Å²) in [4.78, 5) is 21.0. The van der Waals surface area contributed by atoms with Gasteiger partial charge >= 0.3 is 0 Å². The van der Waals surface area contributed by atoms with Gasteiger partial charge in [0.05, 0.1) is 45.0 Å². The number of rotatable bonds is 9. The number of fused-ring (bicyclic) bond motifs is 10. The minimum atomic E-state index is 0.611. The third-order valence-electron chi connectivity index (χ3n) is 15.6. The van der Waals surface area contributed by atoms with Gasteiger partial charge in [0.25, 0.3) is 0 Å². The minimum absolute atomic E-state index is 0.611. The first-order chi connectivity index (χ1) is 39.7. The highest BCUT2D eigenvalue weighted by Crippen LogP contribution is 2.56. The molecule has 16 aromatic rings. The van der Waals surface area contributed by atoms with Crippen molar-refractivity contribution in [1.29, 1.82) is 0 Å². The lowest BCUT2D eigenvalue weighted by Gasteiger charge is -2.29. The first-order valence-electron chi connectivity index (χ1n) is 27.0. The highest BCUT2D eigenvalue weighted by molar-refractivity contribution is 6.15. The van der Waals surface area contributed by atoms with Crippen molar-refractivity contribution in [1.82, 2.24) is 37.9 Å². The van der Waals surface area contributed by atoms with E-state index in [0.717, 1.165) is 123 Å². The monoisotopic (exact) mass is 1020 g/mol. The number of hydrogen-bond donors (Lipinski definition) is 0. The zero-order valence-electron chi connectivity index (χ0n) is 43.1. The van der Waals surface area contributed by atoms with E-state index in [1.54, 1.807) is 0 Å². The van der Waals surface area contributed by atoms with Crippen LogP contribution in [0.2, 0.25) is 0 Å². The van der Waals surface area contributed by atoms with Gasteiger partial charge in [-0.2, -0.15) is 0 Å². The fraction of sp³-hybridized carbons (Fsp3) is 0. The molecule has 0 N–H and O–H groups in total. The molecule has 0 atom stereocenters. The summed E-state index contributed by atoms with van der Waals surface area (Å²) in [7, 11) is 0. The van der Waals surface area contributed by atoms with Crippen LogP contribution < -0.4 is 0 Å². The standard InChI is InChI=1S/C72H46N8/c1-7-24-47(25-8-1)63-64(48-26-9-2-10-27-48)66(50-30-13-4-14-31-50)68(67(51-32-15-5-16-33-51)65(63)49-28-11-3-12-29-49)52-34-23-37-55(44-52)77-59-40-21-22-41-60(59)80-61-45-53(42-43-57(61)75-71(77)80)69-73-46-62-70(76-69)78(54-35-17-6-18-36-54)72-74-56-38-19-20-39-58(56)79(62)72/h1-46H. The fourth-order valence-corrected chi connectivity index (χ4v) is 12.2. The van der Waals surface area contributed by atoms with E-state index in [0.29, 0.717) is 5.82 Å². The molecule has 11 aromatic carbocycles. The second kappa shape index (κ2) is 18.4. The maximum Gasteiger partial charge on any atom is 0.222 e. The van der Waals surface area contributed by atoms with Crippen LogP contribution in [-0.4, -0.2) is 37.9 Å². The van der Waals surface area contributed by atoms with Gasteiger partial charge in [-0.05, 0) is 133 Å². The Morgan fingerprint density at radius 1 is 0.250 bits per heavy atom. The van der Waals surface area contributed by atoms with E-state index in [-0.39, 0.29) is 0 Å². The average Bonchev–Trinajstić information content (AvgIpc) is 4.39. The van der Waals surface area contributed by atoms with Gasteiger partial charge in [0.15, 0.2) is 11.5 Å². The van der Waals surface area contributed by atoms with Gasteiger partial charge in [0, 0.05) is 11.3 Å². The van der Waals surface area contributed by atoms with Crippen molar-refractivity contribution >= 4 is 55.8 Å². The highest BCUT2D eigenvalue weighted by atomic mass is 15.2. The summed E-state index contributed by atoms with van der Waals surface area (Å²) in [6.07, 6.45) is 1.93. The zero-order valence-corrected chi connectivity index (χ0v) is 43.1. The Morgan fingerprint density at radius 3 is 1.21 bits per heavy atom. The van der Waals surface area contributed by atoms with Crippen molar-refractivity contribution in [2.75, 3.05) is 0 Å². The molecule has 8 nitrogen and oxygen atoms in total. The van der Waals surface area contributed by atoms with Gasteiger partial charge in [-0.1, -0.05) is 206 Å². The SMILES string of the molecule is c1ccc(-c2c(-c3ccccc3)c(-c3ccccc3)c(-c3cccc(-n4c5ccccc5n5c6cc(-c7ncc8c(n7)n(-c7ccccc7)c7nc9ccccc9n87)ccc6nc45)c3)c(-c3ccccc3)c2-c2ccccc2)cc1. The van der Waals surface area contributed by atoms with Crippen LogP contribution in [0.4, 0.5) is 0 Å². The molecule has 0 aliphatic carbocycles. The number of para-hydroxylation sites is 5. The minimum Gasteiger partial charge on any atom is -0.278 e. The van der Waals surface area contributed by atoms with E-state index in [1.165, 1.54) is 16.7 Å². The molecular formula is C72H46N8. The molecule has 5 aromatic heterocycles. The number of nitrogens with zero attached hydrogens (tertiary/aromatic N) is 8. The molecule has 0 unspecified atom stereocenters. The normalized spacial score (nSPS) is 11.8. The lowest BCUT2D eigenvalue weighted by atomic mass is 9.74. The van der Waals surface area contributed by atoms with Crippen molar-refractivity contribution < 1.29 is 0 Å². The Balaban J connectivity index is 0.944. The zero-order chi connectivity index (χ0) is 52.7. The summed E-state index contributed by atoms with van der Waals surface area (Å²) in [5, 5.41) is 0. The van der Waals surface area contributed by atoms with Gasteiger partial charge in [-0.15, -0.1) is 0 Å². The van der Waals surface area contributed by atoms with Crippen molar-refractivity contribution in [3.05, 3.63) is 279 Å². The lowest BCUT2D eigenvalue weighted by Crippen LogP contribution is -2.02. The molecular weight excluding hydrogens is 977 g/mol. The van der Waals surface area contributed by atoms with Crippen molar-refractivity contribution in [2.24, 2.45) is 0 Å². The van der Waals surface area contributed by atoms with Crippen molar-refractivity contribution in [2.45, 2.75) is 0 Å². The summed E-state index contributed by atoms with van der Waals surface area (Å²) in [5.41, 5.74) is 24.1. The maximum absolute atomic E-state index is 5.47. The average molecular weight is 1020 g/mol. The summed E-state index contributed by atoms with van der Waals surface area (Å²) in [6, 6.07) is 97.2. The Kier molecular flexibility index (Phi) is 10.4. The van der Waals surface area contributed by atoms with Crippen LogP contribution in [0.25, 0.3) is 145 Å². The molecule has 0 aliphatic rings. The predicted molar refractivity (Wildman–Crippen MR) is 326 cm³/mol. The molecule has 0 amide bonds. The van der Waals surface area contributed by atoms with Crippen molar-refractivity contribution in [3.8, 4) is 89.5 Å². The lowest BCUT2D eigenvalue weighted by molar-refractivity contribution is 1.08. The second-order valence-electron chi connectivity index (χ2n) is 20.2. The van der Waals surface area contributed by atoms with E-state index in [2.05, 4.69) is 255 Å². The van der Waals surface area contributed by atoms with Crippen molar-refractivity contribution in [3.63, 3.8) is 0 Å². The van der Waals surface area contributed by atoms with Crippen LogP contribution in [0.15, 0.2) is 279 Å². The first kappa shape index (κ1) is 45.3. The smallest absolute Gasteiger partial charge is 0.222 e. The fourth-order valence-electron chi connectivity index (χ4n) is 12.2. The molecule has 16 rings (SSSR count). The Morgan fingerprint density at radius 2 is 0.662 bits per heavy atom. The van der Waals surface area contributed by atoms with Gasteiger partial charge < -0.3 is 0 Å². The molecule has 5 heterocycles. The summed E-state index contributed by atoms with van der Waals surface area (Å²) < 4.78 is 8.88. The number of aromatic nitrogens is 8. The molecule has 374 valence electrons. The van der Waals surface area contributed by atoms with Gasteiger partial charge in [0.2, 0.25) is 11.6 Å². The van der Waals surface area contributed by atoms with Crippen LogP contribution >= 0.6 is 0 Å². The van der Waals surface area contributed by atoms with E-state index in [1.807, 2.05) is 42.6 Å². The molecule has 0 saturated heterocycles. The van der Waals surface area contributed by atoms with Crippen LogP contribution in [0.1, 0.15) is 0 Å². The summed E-state index contributed by atoms with van der Waals surface area (Å²) in [6.45, 7) is 0. The van der Waals surface area contributed by atoms with Gasteiger partial charge in [0.1, 0.15) is 5.52 Å². The Labute approximate surface area is 460 Å². The maximum atomic E-state index is 5.47. The number of benzene rings is 11. The van der Waals surface area contributed by atoms with Gasteiger partial charge in [-0.3, -0.25) is 17.9 Å². The van der Waals surface area contributed by atoms with E-state index in [4.69, 9.17) is 19.9 Å². The molecule has 80 heavy (non-hydrogen) atoms. The second-order valence-corrected chi connectivity index (χ2v) is 20.2. The Hall–Kier alpha value is -11.0.